The minimum Gasteiger partial charge on any atom is -0.507 e. The van der Waals surface area contributed by atoms with Crippen molar-refractivity contribution in [2.24, 2.45) is 0 Å². The van der Waals surface area contributed by atoms with Crippen molar-refractivity contribution in [1.82, 2.24) is 4.98 Å². The maximum Gasteiger partial charge on any atom is 0.350 e. The molecule has 0 aliphatic carbocycles. The van der Waals surface area contributed by atoms with Gasteiger partial charge in [-0.15, -0.1) is 0 Å². The number of ether oxygens (including phenoxy) is 4. The fourth-order valence-corrected chi connectivity index (χ4v) is 5.70. The van der Waals surface area contributed by atoms with Crippen LogP contribution in [0.2, 0.25) is 0 Å². The molecule has 0 bridgehead atoms. The third-order valence-corrected chi connectivity index (χ3v) is 8.03. The lowest BCUT2D eigenvalue weighted by Gasteiger charge is -2.24. The second-order valence-corrected chi connectivity index (χ2v) is 11.2. The van der Waals surface area contributed by atoms with Gasteiger partial charge in [-0.05, 0) is 68.7 Å². The lowest BCUT2D eigenvalue weighted by molar-refractivity contribution is -0.132. The van der Waals surface area contributed by atoms with Crippen molar-refractivity contribution in [2.45, 2.75) is 53.0 Å². The highest BCUT2D eigenvalue weighted by Gasteiger charge is 2.48. The van der Waals surface area contributed by atoms with Crippen LogP contribution < -0.4 is 19.1 Å². The van der Waals surface area contributed by atoms with Crippen LogP contribution in [0, 0.1) is 6.92 Å². The number of carbonyl (C=O) groups is 3. The van der Waals surface area contributed by atoms with E-state index in [1.807, 2.05) is 13.8 Å². The third kappa shape index (κ3) is 7.37. The number of nitrogens with zero attached hydrogens (tertiary/aromatic N) is 2. The first kappa shape index (κ1) is 33.3. The molecule has 10 nitrogen and oxygen atoms in total. The van der Waals surface area contributed by atoms with Crippen LogP contribution >= 0.6 is 11.3 Å². The summed E-state index contributed by atoms with van der Waals surface area (Å²) in [5.41, 5.74) is 1.01. The number of Topliss-reactive ketones (excluding diaryl/α,β-unsaturated/α-hetero) is 1. The van der Waals surface area contributed by atoms with E-state index in [-0.39, 0.29) is 27.9 Å². The van der Waals surface area contributed by atoms with Crippen LogP contribution in [0.25, 0.3) is 5.76 Å². The van der Waals surface area contributed by atoms with E-state index < -0.39 is 23.7 Å². The summed E-state index contributed by atoms with van der Waals surface area (Å²) in [5.74, 6) is -1.22. The van der Waals surface area contributed by atoms with E-state index in [4.69, 9.17) is 18.9 Å². The van der Waals surface area contributed by atoms with Gasteiger partial charge in [0.15, 0.2) is 16.6 Å². The number of hydrogen-bond acceptors (Lipinski definition) is 10. The van der Waals surface area contributed by atoms with E-state index >= 15 is 0 Å². The SMILES string of the molecule is C=CCOC(=O)c1sc(N2C(=O)C(=O)C(=C(O)c3ccc(OCCCC)cc3)[C@@H]2c2ccc(OCCC)c(OCC)c2)nc1C. The molecular weight excluding hydrogens is 596 g/mol. The summed E-state index contributed by atoms with van der Waals surface area (Å²) in [5, 5.41) is 11.7. The molecule has 238 valence electrons. The van der Waals surface area contributed by atoms with E-state index in [1.54, 1.807) is 49.4 Å². The monoisotopic (exact) mass is 634 g/mol. The maximum absolute atomic E-state index is 13.7. The number of amides is 1. The van der Waals surface area contributed by atoms with Crippen molar-refractivity contribution in [3.8, 4) is 17.2 Å². The Morgan fingerprint density at radius 2 is 1.78 bits per heavy atom. The topological polar surface area (TPSA) is 124 Å². The fourth-order valence-electron chi connectivity index (χ4n) is 4.71. The number of rotatable bonds is 15. The van der Waals surface area contributed by atoms with Gasteiger partial charge >= 0.3 is 11.9 Å². The van der Waals surface area contributed by atoms with Crippen molar-refractivity contribution >= 4 is 39.9 Å². The average molecular weight is 635 g/mol. The summed E-state index contributed by atoms with van der Waals surface area (Å²) in [4.78, 5) is 46.0. The first-order chi connectivity index (χ1) is 21.7. The number of thiazole rings is 1. The molecule has 0 radical (unpaired) electrons. The van der Waals surface area contributed by atoms with Crippen LogP contribution in [0.4, 0.5) is 5.13 Å². The summed E-state index contributed by atoms with van der Waals surface area (Å²) in [6, 6.07) is 10.7. The van der Waals surface area contributed by atoms with E-state index in [2.05, 4.69) is 18.5 Å². The number of ketones is 1. The van der Waals surface area contributed by atoms with Crippen LogP contribution in [-0.2, 0) is 14.3 Å². The molecule has 1 aliphatic rings. The predicted octanol–water partition coefficient (Wildman–Crippen LogP) is 6.79. The molecule has 1 amide bonds. The van der Waals surface area contributed by atoms with E-state index in [1.165, 1.54) is 11.0 Å². The lowest BCUT2D eigenvalue weighted by atomic mass is 9.95. The van der Waals surface area contributed by atoms with Crippen molar-refractivity contribution in [3.05, 3.63) is 82.4 Å². The number of anilines is 1. The number of aryl methyl sites for hydroxylation is 1. The minimum absolute atomic E-state index is 0.00507. The first-order valence-corrected chi connectivity index (χ1v) is 15.8. The van der Waals surface area contributed by atoms with Gasteiger partial charge in [-0.25, -0.2) is 9.78 Å². The molecule has 1 N–H and O–H groups in total. The molecule has 2 heterocycles. The Morgan fingerprint density at radius 1 is 1.02 bits per heavy atom. The summed E-state index contributed by atoms with van der Waals surface area (Å²) in [7, 11) is 0. The fraction of sp³-hybridized carbons (Fsp3) is 0.353. The third-order valence-electron chi connectivity index (χ3n) is 6.89. The Kier molecular flexibility index (Phi) is 11.4. The smallest absolute Gasteiger partial charge is 0.350 e. The Balaban J connectivity index is 1.85. The van der Waals surface area contributed by atoms with Gasteiger partial charge in [0.1, 0.15) is 23.0 Å². The second-order valence-electron chi connectivity index (χ2n) is 10.2. The number of unbranched alkanes of at least 4 members (excludes halogenated alkanes) is 1. The van der Waals surface area contributed by atoms with Crippen LogP contribution in [0.15, 0.2) is 60.7 Å². The lowest BCUT2D eigenvalue weighted by Crippen LogP contribution is -2.29. The van der Waals surface area contributed by atoms with Gasteiger partial charge in [0.25, 0.3) is 5.78 Å². The summed E-state index contributed by atoms with van der Waals surface area (Å²) >= 11 is 0.925. The van der Waals surface area contributed by atoms with Gasteiger partial charge in [0.2, 0.25) is 0 Å². The predicted molar refractivity (Wildman–Crippen MR) is 172 cm³/mol. The van der Waals surface area contributed by atoms with Crippen LogP contribution in [-0.4, -0.2) is 54.2 Å². The van der Waals surface area contributed by atoms with Gasteiger partial charge in [0.05, 0.1) is 37.1 Å². The second kappa shape index (κ2) is 15.4. The Bertz CT molecular complexity index is 1580. The van der Waals surface area contributed by atoms with Crippen molar-refractivity contribution < 1.29 is 38.4 Å². The highest BCUT2D eigenvalue weighted by atomic mass is 32.1. The van der Waals surface area contributed by atoms with Crippen molar-refractivity contribution in [1.29, 1.82) is 0 Å². The first-order valence-electron chi connectivity index (χ1n) is 14.9. The summed E-state index contributed by atoms with van der Waals surface area (Å²) in [6.07, 6.45) is 4.13. The molecule has 0 saturated carbocycles. The Labute approximate surface area is 266 Å². The molecule has 4 rings (SSSR count). The molecule has 2 aromatic carbocycles. The van der Waals surface area contributed by atoms with Crippen molar-refractivity contribution in [2.75, 3.05) is 31.3 Å². The standard InChI is InChI=1S/C34H38N2O8S/c1-6-10-19-42-24-14-11-22(12-15-24)29(37)27-28(23-13-16-25(43-17-7-2)26(20-23)41-9-4)36(32(39)30(27)38)34-35-21(5)31(45-34)33(40)44-18-8-3/h8,11-16,20,28,37H,3,6-7,9-10,17-19H2,1-2,4-5H3/t28-/m0/s1. The van der Waals surface area contributed by atoms with E-state index in [0.717, 1.165) is 30.6 Å². The largest absolute Gasteiger partial charge is 0.507 e. The van der Waals surface area contributed by atoms with Gasteiger partial charge in [-0.3, -0.25) is 14.5 Å². The molecule has 1 fully saturated rings. The quantitative estimate of drug-likeness (QED) is 0.0481. The number of carbonyl (C=O) groups excluding carboxylic acids is 3. The molecule has 45 heavy (non-hydrogen) atoms. The Morgan fingerprint density at radius 3 is 2.44 bits per heavy atom. The van der Waals surface area contributed by atoms with Gasteiger partial charge in [-0.2, -0.15) is 0 Å². The number of esters is 1. The van der Waals surface area contributed by atoms with Crippen LogP contribution in [0.1, 0.15) is 72.6 Å². The average Bonchev–Trinajstić information content (AvgIpc) is 3.55. The molecule has 1 aromatic heterocycles. The van der Waals surface area contributed by atoms with E-state index in [9.17, 15) is 19.5 Å². The van der Waals surface area contributed by atoms with Gasteiger partial charge < -0.3 is 24.1 Å². The molecule has 0 unspecified atom stereocenters. The molecule has 3 aromatic rings. The van der Waals surface area contributed by atoms with Crippen LogP contribution in [0.5, 0.6) is 17.2 Å². The highest BCUT2D eigenvalue weighted by Crippen LogP contribution is 2.45. The van der Waals surface area contributed by atoms with Gasteiger partial charge in [0, 0.05) is 5.56 Å². The maximum atomic E-state index is 13.7. The molecule has 1 aliphatic heterocycles. The minimum atomic E-state index is -1.09. The van der Waals surface area contributed by atoms with Crippen LogP contribution in [0.3, 0.4) is 0 Å². The molecule has 0 spiro atoms. The summed E-state index contributed by atoms with van der Waals surface area (Å²) < 4.78 is 22.7. The highest BCUT2D eigenvalue weighted by molar-refractivity contribution is 7.17. The summed E-state index contributed by atoms with van der Waals surface area (Å²) in [6.45, 7) is 12.5. The molecular formula is C34H38N2O8S. The molecule has 1 atom stereocenters. The number of benzene rings is 2. The van der Waals surface area contributed by atoms with Crippen molar-refractivity contribution in [3.63, 3.8) is 0 Å². The normalized spacial score (nSPS) is 15.6. The zero-order valence-electron chi connectivity index (χ0n) is 26.0. The number of aliphatic hydroxyl groups excluding tert-OH is 1. The number of hydrogen-bond donors (Lipinski definition) is 1. The van der Waals surface area contributed by atoms with Gasteiger partial charge in [-0.1, -0.05) is 50.3 Å². The zero-order valence-corrected chi connectivity index (χ0v) is 26.8. The van der Waals surface area contributed by atoms with E-state index in [0.29, 0.717) is 53.9 Å². The number of aliphatic hydroxyl groups is 1. The zero-order chi connectivity index (χ0) is 32.5. The number of aromatic nitrogens is 1. The molecule has 11 heteroatoms. The molecule has 1 saturated heterocycles. The Hall–Kier alpha value is -4.64.